The highest BCUT2D eigenvalue weighted by Gasteiger charge is 2.45. The summed E-state index contributed by atoms with van der Waals surface area (Å²) in [6, 6.07) is 8.32. The van der Waals surface area contributed by atoms with Crippen molar-refractivity contribution in [2.24, 2.45) is 5.92 Å². The molecule has 5 heteroatoms. The lowest BCUT2D eigenvalue weighted by Gasteiger charge is -2.34. The molecule has 1 amide bonds. The SMILES string of the molecule is Cl.O=C(OCC1C=CC=CC1)N1CC2(CCNCC2)c2ccccc21. The molecule has 0 radical (unpaired) electrons. The number of nitrogens with one attached hydrogen (secondary N) is 1. The second-order valence-corrected chi connectivity index (χ2v) is 7.02. The van der Waals surface area contributed by atoms with Crippen LogP contribution in [0.3, 0.4) is 0 Å². The summed E-state index contributed by atoms with van der Waals surface area (Å²) in [5.41, 5.74) is 2.43. The van der Waals surface area contributed by atoms with Crippen LogP contribution in [0.15, 0.2) is 48.6 Å². The zero-order valence-corrected chi connectivity index (χ0v) is 15.1. The predicted molar refractivity (Wildman–Crippen MR) is 103 cm³/mol. The number of benzene rings is 1. The molecule has 1 atom stereocenters. The Morgan fingerprint density at radius 3 is 2.80 bits per heavy atom. The van der Waals surface area contributed by atoms with E-state index in [-0.39, 0.29) is 23.9 Å². The summed E-state index contributed by atoms with van der Waals surface area (Å²) in [7, 11) is 0. The van der Waals surface area contributed by atoms with Crippen LogP contribution >= 0.6 is 12.4 Å². The van der Waals surface area contributed by atoms with Gasteiger partial charge < -0.3 is 10.1 Å². The molecule has 4 rings (SSSR count). The van der Waals surface area contributed by atoms with Crippen LogP contribution in [0.2, 0.25) is 0 Å². The monoisotopic (exact) mass is 360 g/mol. The first-order valence-electron chi connectivity index (χ1n) is 8.86. The second-order valence-electron chi connectivity index (χ2n) is 7.02. The van der Waals surface area contributed by atoms with E-state index in [0.717, 1.165) is 44.6 Å². The Bertz CT molecular complexity index is 680. The van der Waals surface area contributed by atoms with E-state index in [4.69, 9.17) is 4.74 Å². The van der Waals surface area contributed by atoms with E-state index in [0.29, 0.717) is 12.5 Å². The van der Waals surface area contributed by atoms with Crippen LogP contribution in [0.5, 0.6) is 0 Å². The van der Waals surface area contributed by atoms with Crippen LogP contribution in [-0.2, 0) is 10.2 Å². The molecule has 2 heterocycles. The lowest BCUT2D eigenvalue weighted by Crippen LogP contribution is -2.44. The number of piperidine rings is 1. The minimum atomic E-state index is -0.208. The summed E-state index contributed by atoms with van der Waals surface area (Å²) in [5.74, 6) is 0.296. The summed E-state index contributed by atoms with van der Waals surface area (Å²) < 4.78 is 5.64. The molecule has 25 heavy (non-hydrogen) atoms. The predicted octanol–water partition coefficient (Wildman–Crippen LogP) is 3.82. The van der Waals surface area contributed by atoms with E-state index in [2.05, 4.69) is 35.7 Å². The Hall–Kier alpha value is -1.78. The van der Waals surface area contributed by atoms with Crippen LogP contribution in [0, 0.1) is 5.92 Å². The molecule has 1 spiro atoms. The first-order chi connectivity index (χ1) is 11.8. The van der Waals surface area contributed by atoms with Gasteiger partial charge in [0.2, 0.25) is 0 Å². The van der Waals surface area contributed by atoms with Crippen molar-refractivity contribution in [2.75, 3.05) is 31.1 Å². The first kappa shape index (κ1) is 18.0. The molecule has 0 bridgehead atoms. The average Bonchev–Trinajstić information content (AvgIpc) is 2.96. The molecule has 1 N–H and O–H groups in total. The molecular weight excluding hydrogens is 336 g/mol. The fourth-order valence-electron chi connectivity index (χ4n) is 4.14. The molecule has 2 aliphatic heterocycles. The maximum absolute atomic E-state index is 12.7. The standard InChI is InChI=1S/C20H24N2O2.ClH/c23-19(24-14-16-6-2-1-3-7-16)22-15-20(10-12-21-13-11-20)17-8-4-5-9-18(17)22;/h1-6,8-9,16,21H,7,10-15H2;1H. The quantitative estimate of drug-likeness (QED) is 0.871. The normalized spacial score (nSPS) is 23.2. The minimum absolute atomic E-state index is 0. The van der Waals surface area contributed by atoms with Gasteiger partial charge in [-0.05, 0) is 44.0 Å². The molecule has 3 aliphatic rings. The van der Waals surface area contributed by atoms with Crippen LogP contribution < -0.4 is 10.2 Å². The Labute approximate surface area is 155 Å². The van der Waals surface area contributed by atoms with Crippen LogP contribution in [0.4, 0.5) is 10.5 Å². The largest absolute Gasteiger partial charge is 0.449 e. The Balaban J connectivity index is 0.00000182. The molecule has 134 valence electrons. The number of allylic oxidation sites excluding steroid dienone is 3. The fraction of sp³-hybridized carbons (Fsp3) is 0.450. The van der Waals surface area contributed by atoms with Crippen molar-refractivity contribution >= 4 is 24.2 Å². The zero-order chi connectivity index (χ0) is 16.4. The van der Waals surface area contributed by atoms with Crippen molar-refractivity contribution in [3.05, 3.63) is 54.1 Å². The zero-order valence-electron chi connectivity index (χ0n) is 14.3. The van der Waals surface area contributed by atoms with Crippen molar-refractivity contribution in [1.82, 2.24) is 5.32 Å². The van der Waals surface area contributed by atoms with Gasteiger partial charge in [-0.1, -0.05) is 42.5 Å². The van der Waals surface area contributed by atoms with Crippen LogP contribution in [0.1, 0.15) is 24.8 Å². The summed E-state index contributed by atoms with van der Waals surface area (Å²) >= 11 is 0. The topological polar surface area (TPSA) is 41.6 Å². The Kier molecular flexibility index (Phi) is 5.50. The second kappa shape index (κ2) is 7.63. The van der Waals surface area contributed by atoms with Crippen molar-refractivity contribution < 1.29 is 9.53 Å². The van der Waals surface area contributed by atoms with E-state index >= 15 is 0 Å². The lowest BCUT2D eigenvalue weighted by atomic mass is 9.75. The van der Waals surface area contributed by atoms with Crippen molar-refractivity contribution in [2.45, 2.75) is 24.7 Å². The maximum atomic E-state index is 12.7. The van der Waals surface area contributed by atoms with Gasteiger partial charge in [-0.25, -0.2) is 4.79 Å². The van der Waals surface area contributed by atoms with Gasteiger partial charge in [-0.3, -0.25) is 4.90 Å². The van der Waals surface area contributed by atoms with E-state index < -0.39 is 0 Å². The van der Waals surface area contributed by atoms with Crippen molar-refractivity contribution in [1.29, 1.82) is 0 Å². The Morgan fingerprint density at radius 2 is 2.04 bits per heavy atom. The summed E-state index contributed by atoms with van der Waals surface area (Å²) in [5, 5.41) is 3.43. The van der Waals surface area contributed by atoms with Crippen molar-refractivity contribution in [3.8, 4) is 0 Å². The van der Waals surface area contributed by atoms with E-state index in [1.165, 1.54) is 5.56 Å². The number of rotatable bonds is 2. The van der Waals surface area contributed by atoms with Gasteiger partial charge in [-0.15, -0.1) is 12.4 Å². The van der Waals surface area contributed by atoms with Gasteiger partial charge in [0.1, 0.15) is 0 Å². The third-order valence-corrected chi connectivity index (χ3v) is 5.50. The van der Waals surface area contributed by atoms with E-state index in [1.807, 2.05) is 23.1 Å². The van der Waals surface area contributed by atoms with Crippen LogP contribution in [-0.4, -0.2) is 32.3 Å². The van der Waals surface area contributed by atoms with Crippen molar-refractivity contribution in [3.63, 3.8) is 0 Å². The summed E-state index contributed by atoms with van der Waals surface area (Å²) in [6.45, 7) is 3.22. The molecule has 1 aromatic rings. The molecule has 1 aliphatic carbocycles. The third kappa shape index (κ3) is 3.46. The van der Waals surface area contributed by atoms with Gasteiger partial charge in [0.15, 0.2) is 0 Å². The maximum Gasteiger partial charge on any atom is 0.414 e. The highest BCUT2D eigenvalue weighted by atomic mass is 35.5. The highest BCUT2D eigenvalue weighted by Crippen LogP contribution is 2.46. The first-order valence-corrected chi connectivity index (χ1v) is 8.86. The van der Waals surface area contributed by atoms with Gasteiger partial charge in [0.05, 0.1) is 12.3 Å². The molecule has 0 aromatic heterocycles. The molecule has 0 saturated carbocycles. The minimum Gasteiger partial charge on any atom is -0.449 e. The molecule has 4 nitrogen and oxygen atoms in total. The fourth-order valence-corrected chi connectivity index (χ4v) is 4.14. The average molecular weight is 361 g/mol. The molecule has 1 fully saturated rings. The number of para-hydroxylation sites is 1. The highest BCUT2D eigenvalue weighted by molar-refractivity contribution is 5.91. The molecule has 1 aromatic carbocycles. The van der Waals surface area contributed by atoms with Gasteiger partial charge >= 0.3 is 6.09 Å². The number of hydrogen-bond donors (Lipinski definition) is 1. The number of fused-ring (bicyclic) bond motifs is 2. The number of halogens is 1. The number of hydrogen-bond acceptors (Lipinski definition) is 3. The van der Waals surface area contributed by atoms with E-state index in [9.17, 15) is 4.79 Å². The number of nitrogens with zero attached hydrogens (tertiary/aromatic N) is 1. The number of amides is 1. The van der Waals surface area contributed by atoms with Gasteiger partial charge in [0.25, 0.3) is 0 Å². The number of carbonyl (C=O) groups excluding carboxylic acids is 1. The smallest absolute Gasteiger partial charge is 0.414 e. The Morgan fingerprint density at radius 1 is 1.24 bits per heavy atom. The third-order valence-electron chi connectivity index (χ3n) is 5.50. The summed E-state index contributed by atoms with van der Waals surface area (Å²) in [6.07, 6.45) is 11.2. The lowest BCUT2D eigenvalue weighted by molar-refractivity contribution is 0.140. The number of carbonyl (C=O) groups is 1. The molecule has 1 saturated heterocycles. The van der Waals surface area contributed by atoms with Crippen LogP contribution in [0.25, 0.3) is 0 Å². The molecule has 1 unspecified atom stereocenters. The number of anilines is 1. The summed E-state index contributed by atoms with van der Waals surface area (Å²) in [4.78, 5) is 14.6. The number of ether oxygens (including phenoxy) is 1. The molecular formula is C20H25ClN2O2. The van der Waals surface area contributed by atoms with Gasteiger partial charge in [-0.2, -0.15) is 0 Å². The van der Waals surface area contributed by atoms with E-state index in [1.54, 1.807) is 0 Å². The van der Waals surface area contributed by atoms with Gasteiger partial charge in [0, 0.05) is 17.9 Å².